The highest BCUT2D eigenvalue weighted by Crippen LogP contribution is 2.33. The van der Waals surface area contributed by atoms with Gasteiger partial charge in [-0.1, -0.05) is 24.6 Å². The number of aliphatic hydroxyl groups excluding tert-OH is 1. The van der Waals surface area contributed by atoms with E-state index in [1.165, 1.54) is 6.42 Å². The Balaban J connectivity index is 2.04. The zero-order valence-electron chi connectivity index (χ0n) is 9.83. The highest BCUT2D eigenvalue weighted by Gasteiger charge is 2.25. The Morgan fingerprint density at radius 1 is 1.44 bits per heavy atom. The minimum atomic E-state index is -0.184. The maximum Gasteiger partial charge on any atom is 0.191 e. The molecule has 90 valence electrons. The van der Waals surface area contributed by atoms with Gasteiger partial charge in [0.1, 0.15) is 6.33 Å². The van der Waals surface area contributed by atoms with E-state index in [2.05, 4.69) is 28.6 Å². The van der Waals surface area contributed by atoms with Crippen molar-refractivity contribution < 1.29 is 5.11 Å². The molecule has 1 aromatic rings. The summed E-state index contributed by atoms with van der Waals surface area (Å²) in [4.78, 5) is 0. The average molecular weight is 241 g/mol. The van der Waals surface area contributed by atoms with Gasteiger partial charge in [-0.25, -0.2) is 0 Å². The van der Waals surface area contributed by atoms with Crippen LogP contribution in [-0.4, -0.2) is 31.2 Å². The molecule has 2 rings (SSSR count). The Hall–Kier alpha value is -0.550. The van der Waals surface area contributed by atoms with Crippen LogP contribution in [0.25, 0.3) is 0 Å². The van der Waals surface area contributed by atoms with Crippen molar-refractivity contribution >= 4 is 11.8 Å². The highest BCUT2D eigenvalue weighted by molar-refractivity contribution is 7.99. The molecule has 2 atom stereocenters. The third-order valence-corrected chi connectivity index (χ3v) is 4.38. The lowest BCUT2D eigenvalue weighted by Gasteiger charge is -2.26. The van der Waals surface area contributed by atoms with E-state index in [1.807, 2.05) is 0 Å². The second-order valence-corrected chi connectivity index (χ2v) is 5.83. The fourth-order valence-electron chi connectivity index (χ4n) is 2.02. The summed E-state index contributed by atoms with van der Waals surface area (Å²) >= 11 is 1.67. The Morgan fingerprint density at radius 2 is 2.19 bits per heavy atom. The topological polar surface area (TPSA) is 50.9 Å². The maximum atomic E-state index is 9.92. The van der Waals surface area contributed by atoms with Crippen LogP contribution in [0.4, 0.5) is 0 Å². The molecule has 1 aliphatic rings. The molecule has 2 unspecified atom stereocenters. The molecule has 0 radical (unpaired) electrons. The number of aromatic nitrogens is 3. The molecular formula is C11H19N3OS. The molecule has 1 fully saturated rings. The van der Waals surface area contributed by atoms with Gasteiger partial charge in [0, 0.05) is 11.3 Å². The molecule has 1 saturated carbocycles. The first-order valence-electron chi connectivity index (χ1n) is 5.92. The first kappa shape index (κ1) is 11.9. The van der Waals surface area contributed by atoms with Crippen molar-refractivity contribution in [1.82, 2.24) is 14.8 Å². The van der Waals surface area contributed by atoms with Crippen LogP contribution >= 0.6 is 11.8 Å². The molecule has 4 nitrogen and oxygen atoms in total. The fourth-order valence-corrected chi connectivity index (χ4v) is 3.34. The summed E-state index contributed by atoms with van der Waals surface area (Å²) in [5, 5.41) is 19.2. The molecule has 0 spiro atoms. The minimum absolute atomic E-state index is 0.184. The first-order chi connectivity index (χ1) is 7.68. The van der Waals surface area contributed by atoms with Gasteiger partial charge in [-0.3, -0.25) is 0 Å². The predicted molar refractivity (Wildman–Crippen MR) is 64.5 cm³/mol. The van der Waals surface area contributed by atoms with E-state index < -0.39 is 0 Å². The van der Waals surface area contributed by atoms with Crippen molar-refractivity contribution in [2.75, 3.05) is 0 Å². The molecule has 0 bridgehead atoms. The molecule has 1 aromatic heterocycles. The lowest BCUT2D eigenvalue weighted by atomic mass is 9.97. The zero-order valence-corrected chi connectivity index (χ0v) is 10.7. The van der Waals surface area contributed by atoms with Crippen molar-refractivity contribution in [3.05, 3.63) is 6.33 Å². The van der Waals surface area contributed by atoms with Crippen molar-refractivity contribution in [3.8, 4) is 0 Å². The second kappa shape index (κ2) is 5.19. The van der Waals surface area contributed by atoms with E-state index in [0.29, 0.717) is 6.04 Å². The van der Waals surface area contributed by atoms with E-state index >= 15 is 0 Å². The summed E-state index contributed by atoms with van der Waals surface area (Å²) in [6.07, 6.45) is 5.95. The van der Waals surface area contributed by atoms with Gasteiger partial charge in [0.05, 0.1) is 6.10 Å². The Kier molecular flexibility index (Phi) is 3.86. The Bertz CT molecular complexity index is 340. The number of thioether (sulfide) groups is 1. The number of nitrogens with zero attached hydrogens (tertiary/aromatic N) is 3. The van der Waals surface area contributed by atoms with Gasteiger partial charge in [0.25, 0.3) is 0 Å². The van der Waals surface area contributed by atoms with Gasteiger partial charge in [-0.2, -0.15) is 0 Å². The summed E-state index contributed by atoms with van der Waals surface area (Å²) in [6, 6.07) is 0.373. The number of hydrogen-bond acceptors (Lipinski definition) is 4. The zero-order chi connectivity index (χ0) is 11.5. The fraction of sp³-hybridized carbons (Fsp3) is 0.818. The number of rotatable bonds is 3. The third-order valence-electron chi connectivity index (χ3n) is 3.02. The molecule has 16 heavy (non-hydrogen) atoms. The molecular weight excluding hydrogens is 222 g/mol. The maximum absolute atomic E-state index is 9.92. The normalized spacial score (nSPS) is 26.2. The summed E-state index contributed by atoms with van der Waals surface area (Å²) in [6.45, 7) is 4.23. The van der Waals surface area contributed by atoms with Crippen molar-refractivity contribution in [2.24, 2.45) is 0 Å². The van der Waals surface area contributed by atoms with Crippen LogP contribution < -0.4 is 0 Å². The van der Waals surface area contributed by atoms with Crippen molar-refractivity contribution in [3.63, 3.8) is 0 Å². The van der Waals surface area contributed by atoms with E-state index in [0.717, 1.165) is 24.4 Å². The van der Waals surface area contributed by atoms with Gasteiger partial charge in [0.15, 0.2) is 5.16 Å². The van der Waals surface area contributed by atoms with Crippen LogP contribution in [0.3, 0.4) is 0 Å². The Labute approximate surface area is 100 Å². The molecule has 1 aliphatic carbocycles. The lowest BCUT2D eigenvalue weighted by molar-refractivity contribution is 0.136. The predicted octanol–water partition coefficient (Wildman–Crippen LogP) is 2.25. The van der Waals surface area contributed by atoms with Crippen LogP contribution in [0.1, 0.15) is 45.6 Å². The molecule has 1 N–H and O–H groups in total. The molecule has 0 saturated heterocycles. The summed E-state index contributed by atoms with van der Waals surface area (Å²) in [5.74, 6) is 0. The van der Waals surface area contributed by atoms with Crippen LogP contribution in [0.15, 0.2) is 11.5 Å². The van der Waals surface area contributed by atoms with E-state index in [-0.39, 0.29) is 11.4 Å². The van der Waals surface area contributed by atoms with Crippen molar-refractivity contribution in [1.29, 1.82) is 0 Å². The van der Waals surface area contributed by atoms with Crippen LogP contribution in [-0.2, 0) is 0 Å². The Morgan fingerprint density at radius 3 is 2.88 bits per heavy atom. The minimum Gasteiger partial charge on any atom is -0.392 e. The SMILES string of the molecule is CC(C)n1cnnc1SC1CCCCC1O. The van der Waals surface area contributed by atoms with Crippen molar-refractivity contribution in [2.45, 2.75) is 62.1 Å². The van der Waals surface area contributed by atoms with Gasteiger partial charge in [0.2, 0.25) is 0 Å². The van der Waals surface area contributed by atoms with Gasteiger partial charge < -0.3 is 9.67 Å². The highest BCUT2D eigenvalue weighted by atomic mass is 32.2. The molecule has 1 heterocycles. The summed E-state index contributed by atoms with van der Waals surface area (Å²) in [7, 11) is 0. The van der Waals surface area contributed by atoms with Gasteiger partial charge in [-0.05, 0) is 26.7 Å². The summed E-state index contributed by atoms with van der Waals surface area (Å²) in [5.41, 5.74) is 0. The van der Waals surface area contributed by atoms with Crippen LogP contribution in [0, 0.1) is 0 Å². The number of hydrogen-bond donors (Lipinski definition) is 1. The molecule has 0 amide bonds. The average Bonchev–Trinajstić information content (AvgIpc) is 2.69. The van der Waals surface area contributed by atoms with Gasteiger partial charge in [-0.15, -0.1) is 10.2 Å². The smallest absolute Gasteiger partial charge is 0.191 e. The number of aliphatic hydroxyl groups is 1. The quantitative estimate of drug-likeness (QED) is 0.882. The third kappa shape index (κ3) is 2.58. The van der Waals surface area contributed by atoms with E-state index in [1.54, 1.807) is 18.1 Å². The molecule has 0 aromatic carbocycles. The largest absolute Gasteiger partial charge is 0.392 e. The lowest BCUT2D eigenvalue weighted by Crippen LogP contribution is -2.27. The second-order valence-electron chi connectivity index (χ2n) is 4.62. The monoisotopic (exact) mass is 241 g/mol. The molecule has 5 heteroatoms. The van der Waals surface area contributed by atoms with Crippen LogP contribution in [0.2, 0.25) is 0 Å². The van der Waals surface area contributed by atoms with Gasteiger partial charge >= 0.3 is 0 Å². The molecule has 0 aliphatic heterocycles. The van der Waals surface area contributed by atoms with E-state index in [9.17, 15) is 5.11 Å². The first-order valence-corrected chi connectivity index (χ1v) is 6.80. The van der Waals surface area contributed by atoms with Crippen LogP contribution in [0.5, 0.6) is 0 Å². The summed E-state index contributed by atoms with van der Waals surface area (Å²) < 4.78 is 2.06. The standard InChI is InChI=1S/C11H19N3OS/c1-8(2)14-7-12-13-11(14)16-10-6-4-3-5-9(10)15/h7-10,15H,3-6H2,1-2H3. The van der Waals surface area contributed by atoms with E-state index in [4.69, 9.17) is 0 Å².